The third kappa shape index (κ3) is 8.98. The number of aliphatic imine (C=N–C) groups is 1. The van der Waals surface area contributed by atoms with Crippen LogP contribution in [0.5, 0.6) is 5.75 Å². The third-order valence-electron chi connectivity index (χ3n) is 3.69. The smallest absolute Gasteiger partial charge is 0.259 e. The molecule has 2 N–H and O–H groups in total. The second kappa shape index (κ2) is 11.3. The fourth-order valence-electron chi connectivity index (χ4n) is 2.14. The molecule has 0 atom stereocenters. The number of nitrogens with one attached hydrogen (secondary N) is 2. The molecule has 0 aliphatic carbocycles. The Morgan fingerprint density at radius 2 is 2.04 bits per heavy atom. The topological polar surface area (TPSA) is 66.0 Å². The molecule has 0 bridgehead atoms. The molecule has 6 heteroatoms. The number of rotatable bonds is 9. The Balaban J connectivity index is 2.42. The molecule has 1 amide bonds. The van der Waals surface area contributed by atoms with Crippen molar-refractivity contribution in [3.05, 3.63) is 29.8 Å². The van der Waals surface area contributed by atoms with Crippen LogP contribution in [-0.2, 0) is 11.3 Å². The van der Waals surface area contributed by atoms with Gasteiger partial charge < -0.3 is 20.3 Å². The molecule has 0 fully saturated rings. The van der Waals surface area contributed by atoms with Gasteiger partial charge in [-0.05, 0) is 36.5 Å². The molecule has 0 saturated carbocycles. The zero-order valence-electron chi connectivity index (χ0n) is 16.1. The Morgan fingerprint density at radius 1 is 1.28 bits per heavy atom. The Hall–Kier alpha value is -2.24. The molecule has 1 rings (SSSR count). The standard InChI is InChI=1S/C19H32N4O2/c1-15(2)8-7-11-21-19(20-3)22-13-16-9-6-10-17(12-16)25-14-18(24)23(4)5/h6,9-10,12,15H,7-8,11,13-14H2,1-5H3,(H2,20,21,22). The minimum absolute atomic E-state index is 0.0446. The van der Waals surface area contributed by atoms with Crippen molar-refractivity contribution in [1.82, 2.24) is 15.5 Å². The van der Waals surface area contributed by atoms with E-state index in [1.54, 1.807) is 21.1 Å². The van der Waals surface area contributed by atoms with E-state index in [0.717, 1.165) is 30.4 Å². The number of guanidine groups is 1. The summed E-state index contributed by atoms with van der Waals surface area (Å²) in [5.74, 6) is 2.14. The zero-order valence-corrected chi connectivity index (χ0v) is 16.1. The Bertz CT molecular complexity index is 556. The van der Waals surface area contributed by atoms with Crippen LogP contribution in [0.15, 0.2) is 29.3 Å². The second-order valence-electron chi connectivity index (χ2n) is 6.61. The number of likely N-dealkylation sites (N-methyl/N-ethyl adjacent to an activating group) is 1. The van der Waals surface area contributed by atoms with Crippen molar-refractivity contribution in [2.24, 2.45) is 10.9 Å². The summed E-state index contributed by atoms with van der Waals surface area (Å²) in [4.78, 5) is 17.3. The van der Waals surface area contributed by atoms with E-state index in [0.29, 0.717) is 12.3 Å². The maximum Gasteiger partial charge on any atom is 0.259 e. The van der Waals surface area contributed by atoms with Crippen LogP contribution in [0.1, 0.15) is 32.3 Å². The van der Waals surface area contributed by atoms with Gasteiger partial charge in [0.25, 0.3) is 5.91 Å². The number of carbonyl (C=O) groups is 1. The molecule has 0 aromatic heterocycles. The Kier molecular flexibility index (Phi) is 9.43. The normalized spacial score (nSPS) is 11.4. The number of nitrogens with zero attached hydrogens (tertiary/aromatic N) is 2. The molecule has 0 aliphatic rings. The zero-order chi connectivity index (χ0) is 18.7. The lowest BCUT2D eigenvalue weighted by molar-refractivity contribution is -0.130. The quantitative estimate of drug-likeness (QED) is 0.408. The fraction of sp³-hybridized carbons (Fsp3) is 0.579. The summed E-state index contributed by atoms with van der Waals surface area (Å²) in [6, 6.07) is 7.72. The van der Waals surface area contributed by atoms with E-state index in [4.69, 9.17) is 4.74 Å². The molecule has 0 saturated heterocycles. The SMILES string of the molecule is CN=C(NCCCC(C)C)NCc1cccc(OCC(=O)N(C)C)c1. The predicted molar refractivity (Wildman–Crippen MR) is 103 cm³/mol. The number of carbonyl (C=O) groups excluding carboxylic acids is 1. The van der Waals surface area contributed by atoms with Gasteiger partial charge in [-0.3, -0.25) is 9.79 Å². The van der Waals surface area contributed by atoms with Gasteiger partial charge in [0.1, 0.15) is 5.75 Å². The van der Waals surface area contributed by atoms with Crippen molar-refractivity contribution in [1.29, 1.82) is 0 Å². The minimum atomic E-state index is -0.0606. The largest absolute Gasteiger partial charge is 0.484 e. The van der Waals surface area contributed by atoms with E-state index in [1.165, 1.54) is 11.3 Å². The van der Waals surface area contributed by atoms with Gasteiger partial charge in [0.2, 0.25) is 0 Å². The van der Waals surface area contributed by atoms with Crippen LogP contribution in [0.3, 0.4) is 0 Å². The minimum Gasteiger partial charge on any atom is -0.484 e. The summed E-state index contributed by atoms with van der Waals surface area (Å²) in [6.45, 7) is 6.06. The molecule has 0 heterocycles. The van der Waals surface area contributed by atoms with E-state index in [2.05, 4.69) is 29.5 Å². The Morgan fingerprint density at radius 3 is 2.68 bits per heavy atom. The highest BCUT2D eigenvalue weighted by Gasteiger charge is 2.05. The highest BCUT2D eigenvalue weighted by Crippen LogP contribution is 2.13. The lowest BCUT2D eigenvalue weighted by atomic mass is 10.1. The van der Waals surface area contributed by atoms with Gasteiger partial charge in [-0.2, -0.15) is 0 Å². The van der Waals surface area contributed by atoms with Crippen LogP contribution in [0, 0.1) is 5.92 Å². The lowest BCUT2D eigenvalue weighted by Crippen LogP contribution is -2.37. The van der Waals surface area contributed by atoms with Gasteiger partial charge in [-0.25, -0.2) is 0 Å². The maximum atomic E-state index is 11.6. The summed E-state index contributed by atoms with van der Waals surface area (Å²) in [5, 5.41) is 6.61. The predicted octanol–water partition coefficient (Wildman–Crippen LogP) is 2.25. The number of ether oxygens (including phenoxy) is 1. The highest BCUT2D eigenvalue weighted by atomic mass is 16.5. The van der Waals surface area contributed by atoms with Crippen LogP contribution in [-0.4, -0.2) is 51.1 Å². The van der Waals surface area contributed by atoms with Crippen LogP contribution < -0.4 is 15.4 Å². The van der Waals surface area contributed by atoms with Gasteiger partial charge in [0.05, 0.1) is 0 Å². The van der Waals surface area contributed by atoms with Gasteiger partial charge in [-0.15, -0.1) is 0 Å². The first-order valence-electron chi connectivity index (χ1n) is 8.78. The molecule has 0 radical (unpaired) electrons. The monoisotopic (exact) mass is 348 g/mol. The van der Waals surface area contributed by atoms with Gasteiger partial charge in [-0.1, -0.05) is 26.0 Å². The summed E-state index contributed by atoms with van der Waals surface area (Å²) >= 11 is 0. The fourth-order valence-corrected chi connectivity index (χ4v) is 2.14. The lowest BCUT2D eigenvalue weighted by Gasteiger charge is -2.14. The second-order valence-corrected chi connectivity index (χ2v) is 6.61. The average Bonchev–Trinajstić information content (AvgIpc) is 2.59. The molecule has 140 valence electrons. The molecular formula is C19H32N4O2. The summed E-state index contributed by atoms with van der Waals surface area (Å²) in [5.41, 5.74) is 1.07. The van der Waals surface area contributed by atoms with Crippen LogP contribution in [0.4, 0.5) is 0 Å². The van der Waals surface area contributed by atoms with E-state index >= 15 is 0 Å². The van der Waals surface area contributed by atoms with Gasteiger partial charge >= 0.3 is 0 Å². The molecule has 1 aromatic rings. The van der Waals surface area contributed by atoms with Crippen molar-refractivity contribution in [2.75, 3.05) is 34.3 Å². The van der Waals surface area contributed by atoms with Gasteiger partial charge in [0.15, 0.2) is 12.6 Å². The summed E-state index contributed by atoms with van der Waals surface area (Å²) in [7, 11) is 5.20. The van der Waals surface area contributed by atoms with E-state index in [-0.39, 0.29) is 12.5 Å². The van der Waals surface area contributed by atoms with E-state index in [1.807, 2.05) is 24.3 Å². The molecule has 25 heavy (non-hydrogen) atoms. The first-order valence-corrected chi connectivity index (χ1v) is 8.78. The molecule has 1 aromatic carbocycles. The van der Waals surface area contributed by atoms with Crippen molar-refractivity contribution in [3.8, 4) is 5.75 Å². The third-order valence-corrected chi connectivity index (χ3v) is 3.69. The molecule has 0 aliphatic heterocycles. The number of benzene rings is 1. The highest BCUT2D eigenvalue weighted by molar-refractivity contribution is 5.79. The van der Waals surface area contributed by atoms with E-state index in [9.17, 15) is 4.79 Å². The maximum absolute atomic E-state index is 11.6. The van der Waals surface area contributed by atoms with Crippen molar-refractivity contribution >= 4 is 11.9 Å². The van der Waals surface area contributed by atoms with Crippen molar-refractivity contribution in [3.63, 3.8) is 0 Å². The van der Waals surface area contributed by atoms with Crippen LogP contribution in [0.25, 0.3) is 0 Å². The first-order chi connectivity index (χ1) is 11.9. The first kappa shape index (κ1) is 20.8. The van der Waals surface area contributed by atoms with Crippen molar-refractivity contribution in [2.45, 2.75) is 33.2 Å². The Labute approximate surface area is 151 Å². The van der Waals surface area contributed by atoms with E-state index < -0.39 is 0 Å². The molecule has 6 nitrogen and oxygen atoms in total. The number of hydrogen-bond acceptors (Lipinski definition) is 3. The summed E-state index contributed by atoms with van der Waals surface area (Å²) < 4.78 is 5.54. The molecule has 0 unspecified atom stereocenters. The molecular weight excluding hydrogens is 316 g/mol. The molecule has 0 spiro atoms. The summed E-state index contributed by atoms with van der Waals surface area (Å²) in [6.07, 6.45) is 2.33. The van der Waals surface area contributed by atoms with Crippen LogP contribution >= 0.6 is 0 Å². The average molecular weight is 348 g/mol. The van der Waals surface area contributed by atoms with Crippen molar-refractivity contribution < 1.29 is 9.53 Å². The van der Waals surface area contributed by atoms with Gasteiger partial charge in [0, 0.05) is 34.2 Å². The number of hydrogen-bond donors (Lipinski definition) is 2. The number of amides is 1. The van der Waals surface area contributed by atoms with Crippen LogP contribution in [0.2, 0.25) is 0 Å².